The number of rotatable bonds is 6. The smallest absolute Gasteiger partial charge is 0.262 e. The van der Waals surface area contributed by atoms with E-state index in [1.165, 1.54) is 7.11 Å². The van der Waals surface area contributed by atoms with Crippen LogP contribution in [0.5, 0.6) is 11.5 Å². The quantitative estimate of drug-likeness (QED) is 0.431. The summed E-state index contributed by atoms with van der Waals surface area (Å²) in [4.78, 5) is 26.0. The molecule has 1 aromatic heterocycles. The molecule has 0 fully saturated rings. The lowest BCUT2D eigenvalue weighted by molar-refractivity contribution is -0.118. The van der Waals surface area contributed by atoms with Gasteiger partial charge in [-0.2, -0.15) is 0 Å². The van der Waals surface area contributed by atoms with Gasteiger partial charge < -0.3 is 19.2 Å². The topological polar surface area (TPSA) is 77.8 Å². The van der Waals surface area contributed by atoms with E-state index >= 15 is 0 Å². The van der Waals surface area contributed by atoms with Crippen molar-refractivity contribution in [2.24, 2.45) is 0 Å². The average molecular weight is 443 g/mol. The minimum atomic E-state index is -0.422. The number of ether oxygens (including phenoxy) is 2. The van der Waals surface area contributed by atoms with E-state index in [-0.39, 0.29) is 17.8 Å². The number of benzene rings is 3. The predicted octanol–water partition coefficient (Wildman–Crippen LogP) is 5.41. The van der Waals surface area contributed by atoms with E-state index in [9.17, 15) is 9.59 Å². The van der Waals surface area contributed by atoms with Gasteiger partial charge in [-0.15, -0.1) is 0 Å². The highest BCUT2D eigenvalue weighted by Gasteiger charge is 2.20. The Hall–Kier alpha value is -4.06. The Labute approximate surface area is 191 Å². The maximum absolute atomic E-state index is 13.4. The number of hydrogen-bond donors (Lipinski definition) is 1. The third-order valence-corrected chi connectivity index (χ3v) is 5.51. The number of para-hydroxylation sites is 2. The summed E-state index contributed by atoms with van der Waals surface area (Å²) >= 11 is 0. The lowest BCUT2D eigenvalue weighted by Gasteiger charge is -2.14. The minimum absolute atomic E-state index is 0.00443. The second-order valence-corrected chi connectivity index (χ2v) is 7.93. The van der Waals surface area contributed by atoms with Crippen molar-refractivity contribution in [2.75, 3.05) is 19.0 Å². The normalized spacial score (nSPS) is 10.8. The second kappa shape index (κ2) is 9.20. The van der Waals surface area contributed by atoms with Crippen LogP contribution in [0.3, 0.4) is 0 Å². The van der Waals surface area contributed by atoms with Crippen molar-refractivity contribution in [3.63, 3.8) is 0 Å². The molecule has 6 heteroatoms. The van der Waals surface area contributed by atoms with Crippen LogP contribution >= 0.6 is 0 Å². The van der Waals surface area contributed by atoms with Gasteiger partial charge in [-0.25, -0.2) is 0 Å². The molecule has 33 heavy (non-hydrogen) atoms. The summed E-state index contributed by atoms with van der Waals surface area (Å²) in [5, 5.41) is 3.16. The summed E-state index contributed by atoms with van der Waals surface area (Å²) in [5.41, 5.74) is 4.43. The molecule has 4 rings (SSSR count). The second-order valence-electron chi connectivity index (χ2n) is 7.93. The molecule has 0 aliphatic heterocycles. The van der Waals surface area contributed by atoms with Crippen LogP contribution in [0.2, 0.25) is 0 Å². The Morgan fingerprint density at radius 2 is 1.67 bits per heavy atom. The van der Waals surface area contributed by atoms with Crippen LogP contribution < -0.4 is 20.2 Å². The van der Waals surface area contributed by atoms with Gasteiger partial charge in [0.2, 0.25) is 11.2 Å². The Morgan fingerprint density at radius 3 is 2.39 bits per heavy atom. The first-order valence-corrected chi connectivity index (χ1v) is 10.6. The first-order valence-electron chi connectivity index (χ1n) is 10.6. The number of fused-ring (bicyclic) bond motifs is 1. The zero-order chi connectivity index (χ0) is 23.5. The average Bonchev–Trinajstić information content (AvgIpc) is 2.80. The van der Waals surface area contributed by atoms with Crippen LogP contribution in [0.4, 0.5) is 5.69 Å². The monoisotopic (exact) mass is 443 g/mol. The molecule has 0 spiro atoms. The van der Waals surface area contributed by atoms with E-state index in [4.69, 9.17) is 13.9 Å². The Bertz CT molecular complexity index is 1390. The Morgan fingerprint density at radius 1 is 0.970 bits per heavy atom. The fourth-order valence-corrected chi connectivity index (χ4v) is 3.53. The van der Waals surface area contributed by atoms with Crippen LogP contribution in [-0.2, 0) is 4.79 Å². The van der Waals surface area contributed by atoms with Crippen molar-refractivity contribution >= 4 is 22.6 Å². The number of amides is 1. The number of anilines is 1. The van der Waals surface area contributed by atoms with E-state index in [1.807, 2.05) is 57.2 Å². The van der Waals surface area contributed by atoms with Gasteiger partial charge in [0.15, 0.2) is 12.4 Å². The molecular weight excluding hydrogens is 418 g/mol. The molecule has 1 heterocycles. The van der Waals surface area contributed by atoms with Crippen molar-refractivity contribution in [1.82, 2.24) is 0 Å². The highest BCUT2D eigenvalue weighted by Crippen LogP contribution is 2.32. The summed E-state index contributed by atoms with van der Waals surface area (Å²) < 4.78 is 17.2. The summed E-state index contributed by atoms with van der Waals surface area (Å²) in [7, 11) is 1.53. The molecule has 0 aliphatic carbocycles. The lowest BCUT2D eigenvalue weighted by Crippen LogP contribution is -2.23. The Balaban J connectivity index is 1.72. The van der Waals surface area contributed by atoms with Gasteiger partial charge in [-0.3, -0.25) is 9.59 Å². The third-order valence-electron chi connectivity index (χ3n) is 5.51. The van der Waals surface area contributed by atoms with Crippen LogP contribution in [0.15, 0.2) is 69.9 Å². The van der Waals surface area contributed by atoms with Crippen LogP contribution in [0, 0.1) is 20.8 Å². The number of hydrogen-bond acceptors (Lipinski definition) is 5. The summed E-state index contributed by atoms with van der Waals surface area (Å²) in [6.45, 7) is 5.51. The van der Waals surface area contributed by atoms with Gasteiger partial charge in [0.1, 0.15) is 11.3 Å². The maximum atomic E-state index is 13.4. The highest BCUT2D eigenvalue weighted by molar-refractivity contribution is 5.93. The summed E-state index contributed by atoms with van der Waals surface area (Å²) in [5.74, 6) is 0.404. The molecule has 1 N–H and O–H groups in total. The van der Waals surface area contributed by atoms with E-state index in [1.54, 1.807) is 24.3 Å². The molecule has 0 aliphatic rings. The van der Waals surface area contributed by atoms with Gasteiger partial charge in [0.25, 0.3) is 5.91 Å². The molecule has 6 nitrogen and oxygen atoms in total. The molecule has 0 saturated carbocycles. The standard InChI is InChI=1S/C27H25NO5/c1-16-9-11-19(12-10-16)26-27(25(30)20-13-17(2)18(3)14-23(20)33-26)32-15-24(29)28-21-7-5-6-8-22(21)31-4/h5-14H,15H2,1-4H3,(H,28,29). The largest absolute Gasteiger partial charge is 0.495 e. The SMILES string of the molecule is COc1ccccc1NC(=O)COc1c(-c2ccc(C)cc2)oc2cc(C)c(C)cc2c1=O. The van der Waals surface area contributed by atoms with Gasteiger partial charge in [0.05, 0.1) is 18.2 Å². The molecule has 4 aromatic rings. The number of carbonyl (C=O) groups excluding carboxylic acids is 1. The fraction of sp³-hybridized carbons (Fsp3) is 0.185. The first-order chi connectivity index (χ1) is 15.9. The van der Waals surface area contributed by atoms with E-state index < -0.39 is 5.91 Å². The molecule has 3 aromatic carbocycles. The van der Waals surface area contributed by atoms with E-state index in [2.05, 4.69) is 5.32 Å². The van der Waals surface area contributed by atoms with Crippen LogP contribution in [0.25, 0.3) is 22.3 Å². The van der Waals surface area contributed by atoms with Crippen molar-refractivity contribution in [1.29, 1.82) is 0 Å². The van der Waals surface area contributed by atoms with Crippen molar-refractivity contribution in [2.45, 2.75) is 20.8 Å². The van der Waals surface area contributed by atoms with Gasteiger partial charge in [-0.1, -0.05) is 42.0 Å². The molecule has 0 saturated heterocycles. The summed E-state index contributed by atoms with van der Waals surface area (Å²) in [6.07, 6.45) is 0. The number of aryl methyl sites for hydroxylation is 3. The zero-order valence-electron chi connectivity index (χ0n) is 19.0. The van der Waals surface area contributed by atoms with Gasteiger partial charge >= 0.3 is 0 Å². The van der Waals surface area contributed by atoms with Crippen molar-refractivity contribution in [3.8, 4) is 22.8 Å². The zero-order valence-corrected chi connectivity index (χ0v) is 19.0. The van der Waals surface area contributed by atoms with Crippen LogP contribution in [0.1, 0.15) is 16.7 Å². The molecule has 0 atom stereocenters. The van der Waals surface area contributed by atoms with Gasteiger partial charge in [0, 0.05) is 5.56 Å². The van der Waals surface area contributed by atoms with Crippen molar-refractivity contribution < 1.29 is 18.7 Å². The number of methoxy groups -OCH3 is 1. The molecular formula is C27H25NO5. The molecule has 0 unspecified atom stereocenters. The highest BCUT2D eigenvalue weighted by atomic mass is 16.5. The third kappa shape index (κ3) is 4.60. The lowest BCUT2D eigenvalue weighted by atomic mass is 10.0. The Kier molecular flexibility index (Phi) is 6.18. The first kappa shape index (κ1) is 22.1. The summed E-state index contributed by atoms with van der Waals surface area (Å²) in [6, 6.07) is 18.3. The molecule has 0 bridgehead atoms. The van der Waals surface area contributed by atoms with E-state index in [0.717, 1.165) is 16.7 Å². The number of nitrogens with one attached hydrogen (secondary N) is 1. The van der Waals surface area contributed by atoms with Crippen LogP contribution in [-0.4, -0.2) is 19.6 Å². The van der Waals surface area contributed by atoms with Crippen molar-refractivity contribution in [3.05, 3.63) is 87.6 Å². The number of carbonyl (C=O) groups is 1. The molecule has 0 radical (unpaired) electrons. The maximum Gasteiger partial charge on any atom is 0.262 e. The van der Waals surface area contributed by atoms with Gasteiger partial charge in [-0.05, 0) is 56.2 Å². The predicted molar refractivity (Wildman–Crippen MR) is 129 cm³/mol. The molecule has 1 amide bonds. The molecule has 168 valence electrons. The fourth-order valence-electron chi connectivity index (χ4n) is 3.53. The minimum Gasteiger partial charge on any atom is -0.495 e. The van der Waals surface area contributed by atoms with E-state index in [0.29, 0.717) is 33.7 Å².